The van der Waals surface area contributed by atoms with E-state index in [9.17, 15) is 14.4 Å². The Hall–Kier alpha value is -3.58. The average Bonchev–Trinajstić information content (AvgIpc) is 3.15. The summed E-state index contributed by atoms with van der Waals surface area (Å²) in [6.07, 6.45) is 1.06. The van der Waals surface area contributed by atoms with Gasteiger partial charge in [0.2, 0.25) is 5.91 Å². The quantitative estimate of drug-likeness (QED) is 0.555. The van der Waals surface area contributed by atoms with Gasteiger partial charge in [-0.25, -0.2) is 4.79 Å². The summed E-state index contributed by atoms with van der Waals surface area (Å²) >= 11 is 6.07. The third-order valence-electron chi connectivity index (χ3n) is 5.16. The van der Waals surface area contributed by atoms with Gasteiger partial charge in [0.05, 0.1) is 5.56 Å². The van der Waals surface area contributed by atoms with E-state index in [1.165, 1.54) is 34.9 Å². The Morgan fingerprint density at radius 3 is 2.53 bits per heavy atom. The van der Waals surface area contributed by atoms with Crippen LogP contribution in [0.3, 0.4) is 0 Å². The number of nitrogens with two attached hydrogens (primary N) is 1. The highest BCUT2D eigenvalue weighted by Crippen LogP contribution is 2.32. The molecular formula is C22H18ClN3O4. The monoisotopic (exact) mass is 423 g/mol. The normalized spacial score (nSPS) is 14.9. The van der Waals surface area contributed by atoms with Crippen molar-refractivity contribution >= 4 is 34.9 Å². The Balaban J connectivity index is 1.61. The molecule has 1 aliphatic rings. The number of carboxylic acid groups (broad SMARTS) is 1. The van der Waals surface area contributed by atoms with Gasteiger partial charge in [-0.15, -0.1) is 0 Å². The Labute approximate surface area is 176 Å². The predicted molar refractivity (Wildman–Crippen MR) is 115 cm³/mol. The molecule has 3 aromatic rings. The van der Waals surface area contributed by atoms with Gasteiger partial charge in [0.15, 0.2) is 0 Å². The number of amides is 1. The van der Waals surface area contributed by atoms with E-state index in [4.69, 9.17) is 22.4 Å². The minimum Gasteiger partial charge on any atom is -0.478 e. The molecule has 0 radical (unpaired) electrons. The number of anilines is 2. The van der Waals surface area contributed by atoms with Gasteiger partial charge in [-0.05, 0) is 66.9 Å². The van der Waals surface area contributed by atoms with Gasteiger partial charge in [-0.3, -0.25) is 9.59 Å². The van der Waals surface area contributed by atoms with Crippen LogP contribution in [0.1, 0.15) is 28.5 Å². The van der Waals surface area contributed by atoms with E-state index in [2.05, 4.69) is 5.32 Å². The zero-order valence-electron chi connectivity index (χ0n) is 15.8. The first-order chi connectivity index (χ1) is 14.3. The Morgan fingerprint density at radius 2 is 1.83 bits per heavy atom. The molecule has 0 saturated heterocycles. The van der Waals surface area contributed by atoms with Gasteiger partial charge >= 0.3 is 5.97 Å². The number of nitrogens with zero attached hydrogens (tertiary/aromatic N) is 1. The number of halogens is 1. The summed E-state index contributed by atoms with van der Waals surface area (Å²) in [6.45, 7) is 0. The van der Waals surface area contributed by atoms with Gasteiger partial charge < -0.3 is 20.7 Å². The lowest BCUT2D eigenvalue weighted by Crippen LogP contribution is -2.31. The number of aryl methyl sites for hydroxylation is 1. The number of carbonyl (C=O) groups is 2. The van der Waals surface area contributed by atoms with Crippen LogP contribution < -0.4 is 16.6 Å². The lowest BCUT2D eigenvalue weighted by Gasteiger charge is -2.16. The first-order valence-electron chi connectivity index (χ1n) is 9.28. The van der Waals surface area contributed by atoms with Crippen molar-refractivity contribution in [3.05, 3.63) is 81.2 Å². The largest absolute Gasteiger partial charge is 0.478 e. The van der Waals surface area contributed by atoms with Gasteiger partial charge in [0.25, 0.3) is 5.56 Å². The number of benzene rings is 2. The maximum absolute atomic E-state index is 12.8. The minimum absolute atomic E-state index is 0.128. The average molecular weight is 424 g/mol. The number of aromatic carboxylic acids is 1. The number of pyridine rings is 1. The SMILES string of the molecule is Nc1ccc(Cl)cc1-c1cc2n(c(=O)c1)[C@H](C(=O)Nc1ccc(C(=O)O)cc1)CC2. The molecule has 0 bridgehead atoms. The summed E-state index contributed by atoms with van der Waals surface area (Å²) in [5.41, 5.74) is 8.95. The van der Waals surface area contributed by atoms with E-state index in [1.807, 2.05) is 6.07 Å². The third kappa shape index (κ3) is 3.67. The summed E-state index contributed by atoms with van der Waals surface area (Å²) in [5, 5.41) is 12.2. The molecule has 0 saturated carbocycles. The molecule has 8 heteroatoms. The van der Waals surface area contributed by atoms with Crippen LogP contribution in [0, 0.1) is 0 Å². The number of hydrogen-bond acceptors (Lipinski definition) is 4. The number of carbonyl (C=O) groups excluding carboxylic acids is 1. The smallest absolute Gasteiger partial charge is 0.335 e. The number of hydrogen-bond donors (Lipinski definition) is 3. The Kier molecular flexibility index (Phi) is 5.05. The lowest BCUT2D eigenvalue weighted by atomic mass is 10.0. The molecule has 0 spiro atoms. The van der Waals surface area contributed by atoms with Crippen LogP contribution in [0.4, 0.5) is 11.4 Å². The standard InChI is InChI=1S/C22H18ClN3O4/c23-14-3-7-18(24)17(11-14)13-9-16-6-8-19(26(16)20(27)10-13)21(28)25-15-4-1-12(2-5-15)22(29)30/h1-5,7,9-11,19H,6,8,24H2,(H,25,28)(H,29,30)/t19-/m0/s1. The first-order valence-corrected chi connectivity index (χ1v) is 9.66. The second-order valence-corrected chi connectivity index (χ2v) is 7.54. The molecule has 4 rings (SSSR count). The number of rotatable bonds is 4. The van der Waals surface area contributed by atoms with Gasteiger partial charge in [-0.2, -0.15) is 0 Å². The Morgan fingerprint density at radius 1 is 1.10 bits per heavy atom. The maximum atomic E-state index is 12.8. The van der Waals surface area contributed by atoms with Crippen molar-refractivity contribution in [2.75, 3.05) is 11.1 Å². The fourth-order valence-electron chi connectivity index (χ4n) is 3.70. The topological polar surface area (TPSA) is 114 Å². The molecular weight excluding hydrogens is 406 g/mol. The highest BCUT2D eigenvalue weighted by atomic mass is 35.5. The molecule has 0 unspecified atom stereocenters. The van der Waals surface area contributed by atoms with Crippen LogP contribution in [0.15, 0.2) is 59.4 Å². The molecule has 1 atom stereocenters. The van der Waals surface area contributed by atoms with E-state index in [-0.39, 0.29) is 17.0 Å². The molecule has 30 heavy (non-hydrogen) atoms. The molecule has 1 aliphatic heterocycles. The van der Waals surface area contributed by atoms with Crippen LogP contribution >= 0.6 is 11.6 Å². The molecule has 4 N–H and O–H groups in total. The number of carboxylic acids is 1. The van der Waals surface area contributed by atoms with E-state index >= 15 is 0 Å². The zero-order valence-corrected chi connectivity index (χ0v) is 16.5. The second-order valence-electron chi connectivity index (χ2n) is 7.10. The molecule has 7 nitrogen and oxygen atoms in total. The fraction of sp³-hybridized carbons (Fsp3) is 0.136. The van der Waals surface area contributed by atoms with E-state index in [0.717, 1.165) is 5.69 Å². The van der Waals surface area contributed by atoms with Crippen molar-refractivity contribution in [1.82, 2.24) is 4.57 Å². The van der Waals surface area contributed by atoms with E-state index in [0.29, 0.717) is 40.4 Å². The summed E-state index contributed by atoms with van der Waals surface area (Å²) in [4.78, 5) is 36.6. The van der Waals surface area contributed by atoms with Crippen molar-refractivity contribution < 1.29 is 14.7 Å². The van der Waals surface area contributed by atoms with Crippen molar-refractivity contribution in [3.63, 3.8) is 0 Å². The highest BCUT2D eigenvalue weighted by molar-refractivity contribution is 6.31. The van der Waals surface area contributed by atoms with Gasteiger partial charge in [0, 0.05) is 33.7 Å². The number of aromatic nitrogens is 1. The van der Waals surface area contributed by atoms with Crippen LogP contribution in [-0.2, 0) is 11.2 Å². The molecule has 152 valence electrons. The van der Waals surface area contributed by atoms with Crippen LogP contribution in [0.25, 0.3) is 11.1 Å². The maximum Gasteiger partial charge on any atom is 0.335 e. The van der Waals surface area contributed by atoms with E-state index < -0.39 is 12.0 Å². The van der Waals surface area contributed by atoms with Crippen LogP contribution in [-0.4, -0.2) is 21.6 Å². The molecule has 2 aromatic carbocycles. The Bertz CT molecular complexity index is 1220. The highest BCUT2D eigenvalue weighted by Gasteiger charge is 2.30. The zero-order chi connectivity index (χ0) is 21.4. The van der Waals surface area contributed by atoms with Gasteiger partial charge in [-0.1, -0.05) is 11.6 Å². The molecule has 1 aromatic heterocycles. The second kappa shape index (κ2) is 7.68. The third-order valence-corrected chi connectivity index (χ3v) is 5.40. The molecule has 1 amide bonds. The number of nitrogen functional groups attached to an aromatic ring is 1. The molecule has 2 heterocycles. The summed E-state index contributed by atoms with van der Waals surface area (Å²) in [5.74, 6) is -1.37. The van der Waals surface area contributed by atoms with E-state index in [1.54, 1.807) is 18.2 Å². The van der Waals surface area contributed by atoms with Crippen molar-refractivity contribution in [2.24, 2.45) is 0 Å². The lowest BCUT2D eigenvalue weighted by molar-refractivity contribution is -0.119. The van der Waals surface area contributed by atoms with Crippen molar-refractivity contribution in [1.29, 1.82) is 0 Å². The first kappa shape index (κ1) is 19.7. The number of fused-ring (bicyclic) bond motifs is 1. The summed E-state index contributed by atoms with van der Waals surface area (Å²) < 4.78 is 1.49. The predicted octanol–water partition coefficient (Wildman–Crippen LogP) is 3.58. The molecule has 0 aliphatic carbocycles. The van der Waals surface area contributed by atoms with Crippen LogP contribution in [0.2, 0.25) is 5.02 Å². The van der Waals surface area contributed by atoms with Crippen LogP contribution in [0.5, 0.6) is 0 Å². The number of nitrogens with one attached hydrogen (secondary N) is 1. The minimum atomic E-state index is -1.04. The van der Waals surface area contributed by atoms with Crippen molar-refractivity contribution in [3.8, 4) is 11.1 Å². The summed E-state index contributed by atoms with van der Waals surface area (Å²) in [6, 6.07) is 13.6. The fourth-order valence-corrected chi connectivity index (χ4v) is 3.87. The summed E-state index contributed by atoms with van der Waals surface area (Å²) in [7, 11) is 0. The van der Waals surface area contributed by atoms with Crippen molar-refractivity contribution in [2.45, 2.75) is 18.9 Å². The molecule has 0 fully saturated rings. The van der Waals surface area contributed by atoms with Gasteiger partial charge in [0.1, 0.15) is 6.04 Å².